The number of likely N-dealkylation sites (tertiary alicyclic amines) is 1. The molecule has 1 saturated heterocycles. The van der Waals surface area contributed by atoms with Crippen LogP contribution in [0.25, 0.3) is 0 Å². The predicted molar refractivity (Wildman–Crippen MR) is 109 cm³/mol. The SMILES string of the molecule is CN=C(NCc1ncccc1F)NCC(c1cccc(OC)c1)N1CCCC1. The fourth-order valence-electron chi connectivity index (χ4n) is 3.49. The van der Waals surface area contributed by atoms with E-state index in [1.54, 1.807) is 26.4 Å². The molecule has 6 nitrogen and oxygen atoms in total. The van der Waals surface area contributed by atoms with Crippen LogP contribution in [-0.2, 0) is 6.54 Å². The van der Waals surface area contributed by atoms with Crippen LogP contribution in [0.3, 0.4) is 0 Å². The molecule has 0 radical (unpaired) electrons. The Kier molecular flexibility index (Phi) is 7.19. The van der Waals surface area contributed by atoms with Crippen molar-refractivity contribution in [2.45, 2.75) is 25.4 Å². The van der Waals surface area contributed by atoms with Crippen molar-refractivity contribution in [1.29, 1.82) is 0 Å². The number of aliphatic imine (C=N–C) groups is 1. The number of pyridine rings is 1. The number of rotatable bonds is 7. The average molecular weight is 385 g/mol. The van der Waals surface area contributed by atoms with E-state index in [1.165, 1.54) is 24.5 Å². The molecule has 0 spiro atoms. The van der Waals surface area contributed by atoms with Crippen molar-refractivity contribution in [3.05, 3.63) is 59.7 Å². The van der Waals surface area contributed by atoms with E-state index < -0.39 is 0 Å². The summed E-state index contributed by atoms with van der Waals surface area (Å²) in [6, 6.07) is 11.4. The molecule has 3 rings (SSSR count). The topological polar surface area (TPSA) is 61.8 Å². The van der Waals surface area contributed by atoms with Crippen molar-refractivity contribution in [1.82, 2.24) is 20.5 Å². The Hall–Kier alpha value is -2.67. The van der Waals surface area contributed by atoms with Crippen LogP contribution >= 0.6 is 0 Å². The maximum absolute atomic E-state index is 13.8. The zero-order valence-electron chi connectivity index (χ0n) is 16.5. The van der Waals surface area contributed by atoms with Crippen molar-refractivity contribution in [2.75, 3.05) is 33.8 Å². The van der Waals surface area contributed by atoms with Crippen LogP contribution in [0.1, 0.15) is 30.1 Å². The molecule has 0 bridgehead atoms. The Labute approximate surface area is 165 Å². The van der Waals surface area contributed by atoms with Crippen molar-refractivity contribution in [3.63, 3.8) is 0 Å². The van der Waals surface area contributed by atoms with Crippen LogP contribution in [0.15, 0.2) is 47.6 Å². The normalized spacial score (nSPS) is 16.0. The zero-order chi connectivity index (χ0) is 19.8. The lowest BCUT2D eigenvalue weighted by Gasteiger charge is -2.29. The highest BCUT2D eigenvalue weighted by Crippen LogP contribution is 2.27. The second-order valence-corrected chi connectivity index (χ2v) is 6.77. The Morgan fingerprint density at radius 3 is 2.79 bits per heavy atom. The minimum Gasteiger partial charge on any atom is -0.497 e. The molecule has 28 heavy (non-hydrogen) atoms. The molecule has 150 valence electrons. The number of ether oxygens (including phenoxy) is 1. The van der Waals surface area contributed by atoms with Gasteiger partial charge >= 0.3 is 0 Å². The van der Waals surface area contributed by atoms with Crippen molar-refractivity contribution >= 4 is 5.96 Å². The number of guanidine groups is 1. The highest BCUT2D eigenvalue weighted by molar-refractivity contribution is 5.79. The standard InChI is InChI=1S/C21H28FN5O/c1-23-21(25-14-19-18(22)9-6-10-24-19)26-15-20(27-11-3-4-12-27)16-7-5-8-17(13-16)28-2/h5-10,13,20H,3-4,11-12,14-15H2,1-2H3,(H2,23,25,26). The number of aromatic nitrogens is 1. The molecule has 1 aromatic heterocycles. The number of nitrogens with zero attached hydrogens (tertiary/aromatic N) is 3. The van der Waals surface area contributed by atoms with Crippen LogP contribution in [-0.4, -0.2) is 49.6 Å². The third kappa shape index (κ3) is 5.19. The fourth-order valence-corrected chi connectivity index (χ4v) is 3.49. The van der Waals surface area contributed by atoms with Crippen LogP contribution in [0, 0.1) is 5.82 Å². The second kappa shape index (κ2) is 10.0. The highest BCUT2D eigenvalue weighted by atomic mass is 19.1. The van der Waals surface area contributed by atoms with E-state index in [0.717, 1.165) is 18.8 Å². The molecular formula is C21H28FN5O. The monoisotopic (exact) mass is 385 g/mol. The van der Waals surface area contributed by atoms with E-state index in [1.807, 2.05) is 12.1 Å². The molecule has 0 aliphatic carbocycles. The first kappa shape index (κ1) is 20.1. The van der Waals surface area contributed by atoms with Gasteiger partial charge in [0.15, 0.2) is 5.96 Å². The third-order valence-electron chi connectivity index (χ3n) is 5.00. The van der Waals surface area contributed by atoms with E-state index in [9.17, 15) is 4.39 Å². The van der Waals surface area contributed by atoms with Crippen molar-refractivity contribution in [2.24, 2.45) is 4.99 Å². The van der Waals surface area contributed by atoms with Crippen molar-refractivity contribution < 1.29 is 9.13 Å². The number of benzene rings is 1. The maximum Gasteiger partial charge on any atom is 0.191 e. The molecule has 1 atom stereocenters. The summed E-state index contributed by atoms with van der Waals surface area (Å²) >= 11 is 0. The van der Waals surface area contributed by atoms with Gasteiger partial charge in [-0.1, -0.05) is 12.1 Å². The Morgan fingerprint density at radius 1 is 1.25 bits per heavy atom. The quantitative estimate of drug-likeness (QED) is 0.567. The highest BCUT2D eigenvalue weighted by Gasteiger charge is 2.24. The molecule has 1 aliphatic heterocycles. The first-order valence-corrected chi connectivity index (χ1v) is 9.63. The Balaban J connectivity index is 1.65. The molecule has 0 amide bonds. The first-order valence-electron chi connectivity index (χ1n) is 9.63. The summed E-state index contributed by atoms with van der Waals surface area (Å²) in [6.07, 6.45) is 4.02. The molecule has 0 saturated carbocycles. The fraction of sp³-hybridized carbons (Fsp3) is 0.429. The van der Waals surface area contributed by atoms with Crippen LogP contribution in [0.5, 0.6) is 5.75 Å². The third-order valence-corrected chi connectivity index (χ3v) is 5.00. The van der Waals surface area contributed by atoms with E-state index in [0.29, 0.717) is 18.2 Å². The predicted octanol–water partition coefficient (Wildman–Crippen LogP) is 2.73. The summed E-state index contributed by atoms with van der Waals surface area (Å²) in [5.41, 5.74) is 1.58. The summed E-state index contributed by atoms with van der Waals surface area (Å²) in [5, 5.41) is 6.52. The summed E-state index contributed by atoms with van der Waals surface area (Å²) in [6.45, 7) is 3.13. The minimum absolute atomic E-state index is 0.211. The summed E-state index contributed by atoms with van der Waals surface area (Å²) in [4.78, 5) is 10.8. The minimum atomic E-state index is -0.322. The average Bonchev–Trinajstić information content (AvgIpc) is 3.26. The molecule has 2 N–H and O–H groups in total. The molecule has 1 unspecified atom stereocenters. The molecule has 1 aromatic carbocycles. The summed E-state index contributed by atoms with van der Waals surface area (Å²) in [5.74, 6) is 1.16. The van der Waals surface area contributed by atoms with Gasteiger partial charge in [0.05, 0.1) is 25.4 Å². The van der Waals surface area contributed by atoms with E-state index >= 15 is 0 Å². The molecule has 7 heteroatoms. The smallest absolute Gasteiger partial charge is 0.191 e. The van der Waals surface area contributed by atoms with Crippen molar-refractivity contribution in [3.8, 4) is 5.75 Å². The lowest BCUT2D eigenvalue weighted by molar-refractivity contribution is 0.245. The zero-order valence-corrected chi connectivity index (χ0v) is 16.5. The van der Waals surface area contributed by atoms with E-state index in [-0.39, 0.29) is 18.4 Å². The lowest BCUT2D eigenvalue weighted by Crippen LogP contribution is -2.42. The second-order valence-electron chi connectivity index (χ2n) is 6.77. The summed E-state index contributed by atoms with van der Waals surface area (Å²) < 4.78 is 19.2. The van der Waals surface area contributed by atoms with Gasteiger partial charge in [0.2, 0.25) is 0 Å². The lowest BCUT2D eigenvalue weighted by atomic mass is 10.1. The Morgan fingerprint density at radius 2 is 2.07 bits per heavy atom. The van der Waals surface area contributed by atoms with Gasteiger partial charge in [0.25, 0.3) is 0 Å². The van der Waals surface area contributed by atoms with Gasteiger partial charge < -0.3 is 15.4 Å². The van der Waals surface area contributed by atoms with E-state index in [4.69, 9.17) is 4.74 Å². The number of nitrogens with one attached hydrogen (secondary N) is 2. The van der Waals surface area contributed by atoms with Gasteiger partial charge in [-0.15, -0.1) is 0 Å². The maximum atomic E-state index is 13.8. The molecule has 1 aliphatic rings. The van der Waals surface area contributed by atoms with Gasteiger partial charge in [-0.2, -0.15) is 0 Å². The van der Waals surface area contributed by atoms with E-state index in [2.05, 4.69) is 37.6 Å². The van der Waals surface area contributed by atoms with Gasteiger partial charge in [-0.25, -0.2) is 4.39 Å². The van der Waals surface area contributed by atoms with Gasteiger partial charge in [-0.3, -0.25) is 14.9 Å². The molecule has 2 heterocycles. The number of hydrogen-bond donors (Lipinski definition) is 2. The van der Waals surface area contributed by atoms with Gasteiger partial charge in [0, 0.05) is 19.8 Å². The first-order chi connectivity index (χ1) is 13.7. The Bertz CT molecular complexity index is 792. The van der Waals surface area contributed by atoms with Crippen LogP contribution in [0.4, 0.5) is 4.39 Å². The molecule has 2 aromatic rings. The molecule has 1 fully saturated rings. The molecular weight excluding hydrogens is 357 g/mol. The van der Waals surface area contributed by atoms with Crippen LogP contribution in [0.2, 0.25) is 0 Å². The summed E-state index contributed by atoms with van der Waals surface area (Å²) in [7, 11) is 3.39. The number of methoxy groups -OCH3 is 1. The number of hydrogen-bond acceptors (Lipinski definition) is 4. The van der Waals surface area contributed by atoms with Crippen LogP contribution < -0.4 is 15.4 Å². The van der Waals surface area contributed by atoms with Gasteiger partial charge in [0.1, 0.15) is 11.6 Å². The number of halogens is 1. The van der Waals surface area contributed by atoms with Gasteiger partial charge in [-0.05, 0) is 55.8 Å². The largest absolute Gasteiger partial charge is 0.497 e.